The number of rotatable bonds is 6. The number of anilines is 1. The van der Waals surface area contributed by atoms with Crippen molar-refractivity contribution in [1.82, 2.24) is 5.32 Å². The topological polar surface area (TPSA) is 56.1 Å². The first kappa shape index (κ1) is 14.0. The third kappa shape index (κ3) is 4.46. The van der Waals surface area contributed by atoms with Crippen LogP contribution in [0.2, 0.25) is 0 Å². The van der Waals surface area contributed by atoms with Gasteiger partial charge in [-0.05, 0) is 24.6 Å². The Morgan fingerprint density at radius 2 is 2.28 bits per heavy atom. The molecule has 4 nitrogen and oxygen atoms in total. The van der Waals surface area contributed by atoms with Crippen LogP contribution in [-0.2, 0) is 4.79 Å². The lowest BCUT2D eigenvalue weighted by Gasteiger charge is -2.18. The summed E-state index contributed by atoms with van der Waals surface area (Å²) in [5, 5.41) is 11.7. The largest absolute Gasteiger partial charge is 0.365 e. The molecule has 18 heavy (non-hydrogen) atoms. The summed E-state index contributed by atoms with van der Waals surface area (Å²) in [7, 11) is 1.84. The minimum Gasteiger partial charge on any atom is -0.365 e. The van der Waals surface area contributed by atoms with Crippen molar-refractivity contribution < 1.29 is 4.79 Å². The van der Waals surface area contributed by atoms with Gasteiger partial charge in [0, 0.05) is 19.3 Å². The van der Waals surface area contributed by atoms with Crippen LogP contribution in [0.15, 0.2) is 24.3 Å². The number of carbonyl (C=O) groups excluding carboxylic acids is 1. The summed E-state index contributed by atoms with van der Waals surface area (Å²) < 4.78 is 0. The van der Waals surface area contributed by atoms with Crippen LogP contribution in [0.5, 0.6) is 0 Å². The van der Waals surface area contributed by atoms with E-state index in [-0.39, 0.29) is 5.91 Å². The van der Waals surface area contributed by atoms with Gasteiger partial charge in [0.25, 0.3) is 0 Å². The minimum atomic E-state index is 0.00770. The predicted molar refractivity (Wildman–Crippen MR) is 72.3 cm³/mol. The van der Waals surface area contributed by atoms with E-state index in [2.05, 4.69) is 18.3 Å². The van der Waals surface area contributed by atoms with E-state index in [1.54, 1.807) is 12.1 Å². The van der Waals surface area contributed by atoms with Crippen LogP contribution in [0.1, 0.15) is 25.3 Å². The van der Waals surface area contributed by atoms with Crippen molar-refractivity contribution in [2.45, 2.75) is 19.8 Å². The first-order chi connectivity index (χ1) is 8.67. The number of benzene rings is 1. The van der Waals surface area contributed by atoms with E-state index in [9.17, 15) is 4.79 Å². The normalized spacial score (nSPS) is 9.61. The van der Waals surface area contributed by atoms with Crippen molar-refractivity contribution in [2.75, 3.05) is 25.0 Å². The first-order valence-corrected chi connectivity index (χ1v) is 6.15. The predicted octanol–water partition coefficient (Wildman–Crippen LogP) is 1.91. The number of unbranched alkanes of at least 4 members (excludes halogenated alkanes) is 1. The molecule has 0 spiro atoms. The van der Waals surface area contributed by atoms with Crippen LogP contribution in [-0.4, -0.2) is 26.0 Å². The van der Waals surface area contributed by atoms with Crippen LogP contribution >= 0.6 is 0 Å². The lowest BCUT2D eigenvalue weighted by atomic mass is 10.2. The smallest absolute Gasteiger partial charge is 0.239 e. The summed E-state index contributed by atoms with van der Waals surface area (Å²) in [6.45, 7) is 3.12. The van der Waals surface area contributed by atoms with Crippen molar-refractivity contribution in [3.8, 4) is 6.07 Å². The standard InChI is InChI=1S/C14H19N3O/c1-3-4-8-16-14(18)11-17(2)13-7-5-6-12(9-13)10-15/h5-7,9H,3-4,8,11H2,1-2H3,(H,16,18). The van der Waals surface area contributed by atoms with E-state index in [4.69, 9.17) is 5.26 Å². The van der Waals surface area contributed by atoms with Gasteiger partial charge in [-0.15, -0.1) is 0 Å². The number of likely N-dealkylation sites (N-methyl/N-ethyl adjacent to an activating group) is 1. The maximum absolute atomic E-state index is 11.6. The number of hydrogen-bond acceptors (Lipinski definition) is 3. The molecule has 0 saturated carbocycles. The van der Waals surface area contributed by atoms with Crippen LogP contribution in [0.25, 0.3) is 0 Å². The molecule has 0 aliphatic carbocycles. The third-order valence-corrected chi connectivity index (χ3v) is 2.65. The molecule has 1 amide bonds. The second kappa shape index (κ2) is 7.33. The first-order valence-electron chi connectivity index (χ1n) is 6.15. The fourth-order valence-electron chi connectivity index (χ4n) is 1.58. The van der Waals surface area contributed by atoms with Gasteiger partial charge < -0.3 is 10.2 Å². The summed E-state index contributed by atoms with van der Waals surface area (Å²) in [6.07, 6.45) is 2.07. The molecular weight excluding hydrogens is 226 g/mol. The summed E-state index contributed by atoms with van der Waals surface area (Å²) in [5.41, 5.74) is 1.48. The Hall–Kier alpha value is -2.02. The van der Waals surface area contributed by atoms with E-state index in [1.165, 1.54) is 0 Å². The molecule has 0 aromatic heterocycles. The number of nitrogens with zero attached hydrogens (tertiary/aromatic N) is 2. The minimum absolute atomic E-state index is 0.00770. The molecule has 1 rings (SSSR count). The Kier molecular flexibility index (Phi) is 5.72. The lowest BCUT2D eigenvalue weighted by molar-refractivity contribution is -0.119. The summed E-state index contributed by atoms with van der Waals surface area (Å²) in [6, 6.07) is 9.32. The fourth-order valence-corrected chi connectivity index (χ4v) is 1.58. The Morgan fingerprint density at radius 1 is 1.50 bits per heavy atom. The second-order valence-corrected chi connectivity index (χ2v) is 4.22. The van der Waals surface area contributed by atoms with Gasteiger partial charge in [-0.3, -0.25) is 4.79 Å². The van der Waals surface area contributed by atoms with Crippen LogP contribution in [0, 0.1) is 11.3 Å². The van der Waals surface area contributed by atoms with Crippen molar-refractivity contribution >= 4 is 11.6 Å². The van der Waals surface area contributed by atoms with Gasteiger partial charge in [0.15, 0.2) is 0 Å². The average molecular weight is 245 g/mol. The molecule has 96 valence electrons. The van der Waals surface area contributed by atoms with Crippen molar-refractivity contribution in [3.05, 3.63) is 29.8 Å². The molecular formula is C14H19N3O. The monoisotopic (exact) mass is 245 g/mol. The molecule has 0 bridgehead atoms. The molecule has 4 heteroatoms. The number of nitriles is 1. The quantitative estimate of drug-likeness (QED) is 0.779. The van der Waals surface area contributed by atoms with E-state index in [0.29, 0.717) is 12.1 Å². The number of amides is 1. The average Bonchev–Trinajstić information content (AvgIpc) is 2.39. The summed E-state index contributed by atoms with van der Waals surface area (Å²) in [4.78, 5) is 13.5. The van der Waals surface area contributed by atoms with Gasteiger partial charge in [0.2, 0.25) is 5.91 Å². The third-order valence-electron chi connectivity index (χ3n) is 2.65. The van der Waals surface area contributed by atoms with Gasteiger partial charge in [0.05, 0.1) is 18.2 Å². The summed E-state index contributed by atoms with van der Waals surface area (Å²) >= 11 is 0. The molecule has 0 unspecified atom stereocenters. The van der Waals surface area contributed by atoms with Gasteiger partial charge in [-0.1, -0.05) is 19.4 Å². The fraction of sp³-hybridized carbons (Fsp3) is 0.429. The lowest BCUT2D eigenvalue weighted by Crippen LogP contribution is -2.35. The zero-order valence-corrected chi connectivity index (χ0v) is 10.9. The van der Waals surface area contributed by atoms with E-state index in [1.807, 2.05) is 24.1 Å². The molecule has 0 saturated heterocycles. The highest BCUT2D eigenvalue weighted by Gasteiger charge is 2.07. The van der Waals surface area contributed by atoms with Crippen molar-refractivity contribution in [2.24, 2.45) is 0 Å². The van der Waals surface area contributed by atoms with Gasteiger partial charge >= 0.3 is 0 Å². The maximum atomic E-state index is 11.6. The van der Waals surface area contributed by atoms with Gasteiger partial charge in [-0.25, -0.2) is 0 Å². The molecule has 0 aliphatic rings. The van der Waals surface area contributed by atoms with Gasteiger partial charge in [-0.2, -0.15) is 5.26 Å². The Bertz CT molecular complexity index is 437. The highest BCUT2D eigenvalue weighted by Crippen LogP contribution is 2.13. The highest BCUT2D eigenvalue weighted by molar-refractivity contribution is 5.81. The van der Waals surface area contributed by atoms with Gasteiger partial charge in [0.1, 0.15) is 0 Å². The summed E-state index contributed by atoms with van der Waals surface area (Å²) in [5.74, 6) is 0.00770. The molecule has 0 atom stereocenters. The number of carbonyl (C=O) groups is 1. The molecule has 0 aliphatic heterocycles. The molecule has 1 aromatic carbocycles. The molecule has 0 fully saturated rings. The highest BCUT2D eigenvalue weighted by atomic mass is 16.2. The zero-order valence-electron chi connectivity index (χ0n) is 10.9. The van der Waals surface area contributed by atoms with E-state index < -0.39 is 0 Å². The Labute approximate surface area is 108 Å². The van der Waals surface area contributed by atoms with Crippen LogP contribution < -0.4 is 10.2 Å². The Morgan fingerprint density at radius 3 is 2.94 bits per heavy atom. The molecule has 0 heterocycles. The van der Waals surface area contributed by atoms with Crippen LogP contribution in [0.4, 0.5) is 5.69 Å². The molecule has 1 N–H and O–H groups in total. The Balaban J connectivity index is 2.51. The van der Waals surface area contributed by atoms with E-state index in [0.717, 1.165) is 25.1 Å². The number of nitrogens with one attached hydrogen (secondary N) is 1. The van der Waals surface area contributed by atoms with Crippen molar-refractivity contribution in [3.63, 3.8) is 0 Å². The van der Waals surface area contributed by atoms with E-state index >= 15 is 0 Å². The molecule has 0 radical (unpaired) electrons. The van der Waals surface area contributed by atoms with Crippen molar-refractivity contribution in [1.29, 1.82) is 5.26 Å². The zero-order chi connectivity index (χ0) is 13.4. The second-order valence-electron chi connectivity index (χ2n) is 4.22. The van der Waals surface area contributed by atoms with Crippen LogP contribution in [0.3, 0.4) is 0 Å². The maximum Gasteiger partial charge on any atom is 0.239 e. The molecule has 1 aromatic rings. The number of hydrogen-bond donors (Lipinski definition) is 1. The SMILES string of the molecule is CCCCNC(=O)CN(C)c1cccc(C#N)c1.